The fourth-order valence-corrected chi connectivity index (χ4v) is 3.08. The maximum atomic E-state index is 11.9. The molecule has 1 saturated heterocycles. The van der Waals surface area contributed by atoms with E-state index in [1.54, 1.807) is 19.2 Å². The third-order valence-corrected chi connectivity index (χ3v) is 4.47. The normalized spacial score (nSPS) is 18.5. The molecule has 6 nitrogen and oxygen atoms in total. The predicted octanol–water partition coefficient (Wildman–Crippen LogP) is 1.42. The number of hydrogen-bond acceptors (Lipinski definition) is 5. The molecule has 0 aliphatic carbocycles. The molecule has 6 heteroatoms. The fourth-order valence-electron chi connectivity index (χ4n) is 3.08. The molecular formula is C16H22N4O2. The van der Waals surface area contributed by atoms with Crippen molar-refractivity contribution in [2.75, 3.05) is 20.2 Å². The fraction of sp³-hybridized carbons (Fsp3) is 0.500. The van der Waals surface area contributed by atoms with Crippen LogP contribution in [0.1, 0.15) is 31.4 Å². The maximum Gasteiger partial charge on any atom is 0.248 e. The van der Waals surface area contributed by atoms with Gasteiger partial charge in [0, 0.05) is 42.9 Å². The van der Waals surface area contributed by atoms with Gasteiger partial charge in [-0.3, -0.25) is 9.69 Å². The van der Waals surface area contributed by atoms with Crippen LogP contribution in [0.4, 0.5) is 0 Å². The van der Waals surface area contributed by atoms with E-state index in [1.807, 2.05) is 6.07 Å². The summed E-state index contributed by atoms with van der Waals surface area (Å²) in [7, 11) is 1.59. The lowest BCUT2D eigenvalue weighted by Crippen LogP contribution is -2.41. The first kappa shape index (κ1) is 15.0. The van der Waals surface area contributed by atoms with Gasteiger partial charge in [-0.05, 0) is 25.8 Å². The number of hydrogen-bond donors (Lipinski definition) is 2. The van der Waals surface area contributed by atoms with Crippen molar-refractivity contribution < 1.29 is 4.74 Å². The van der Waals surface area contributed by atoms with Crippen molar-refractivity contribution in [3.8, 4) is 5.88 Å². The van der Waals surface area contributed by atoms with Gasteiger partial charge in [-0.1, -0.05) is 0 Å². The number of nitrogens with zero attached hydrogens (tertiary/aromatic N) is 2. The summed E-state index contributed by atoms with van der Waals surface area (Å²) in [5.41, 5.74) is 8.35. The molecule has 118 valence electrons. The van der Waals surface area contributed by atoms with Crippen LogP contribution in [-0.4, -0.2) is 41.1 Å². The monoisotopic (exact) mass is 302 g/mol. The lowest BCUT2D eigenvalue weighted by atomic mass is 10.0. The maximum absolute atomic E-state index is 11.9. The highest BCUT2D eigenvalue weighted by molar-refractivity contribution is 5.78. The third-order valence-electron chi connectivity index (χ3n) is 4.47. The number of pyridine rings is 2. The molecule has 2 aromatic heterocycles. The summed E-state index contributed by atoms with van der Waals surface area (Å²) in [5.74, 6) is 0.550. The van der Waals surface area contributed by atoms with Crippen LogP contribution in [0.3, 0.4) is 0 Å². The zero-order chi connectivity index (χ0) is 15.7. The van der Waals surface area contributed by atoms with Crippen molar-refractivity contribution in [3.05, 3.63) is 34.1 Å². The summed E-state index contributed by atoms with van der Waals surface area (Å²) >= 11 is 0. The Morgan fingerprint density at radius 1 is 1.41 bits per heavy atom. The summed E-state index contributed by atoms with van der Waals surface area (Å²) in [5, 5.41) is 0. The van der Waals surface area contributed by atoms with E-state index >= 15 is 0 Å². The SMILES string of the molecule is COc1ccc2[nH]c(=O)cc([C@@H](C)N3CCC(N)CC3)c2n1. The van der Waals surface area contributed by atoms with E-state index < -0.39 is 0 Å². The first-order valence-electron chi connectivity index (χ1n) is 7.66. The number of nitrogens with two attached hydrogens (primary N) is 1. The molecular weight excluding hydrogens is 280 g/mol. The molecule has 1 fully saturated rings. The number of aromatic amines is 1. The molecule has 0 unspecified atom stereocenters. The average molecular weight is 302 g/mol. The second-order valence-corrected chi connectivity index (χ2v) is 5.89. The molecule has 1 atom stereocenters. The van der Waals surface area contributed by atoms with E-state index in [-0.39, 0.29) is 17.6 Å². The van der Waals surface area contributed by atoms with E-state index in [0.717, 1.165) is 42.5 Å². The van der Waals surface area contributed by atoms with Gasteiger partial charge in [-0.2, -0.15) is 0 Å². The van der Waals surface area contributed by atoms with Crippen molar-refractivity contribution >= 4 is 11.0 Å². The predicted molar refractivity (Wildman–Crippen MR) is 86.1 cm³/mol. The molecule has 0 spiro atoms. The van der Waals surface area contributed by atoms with E-state index in [4.69, 9.17) is 10.5 Å². The van der Waals surface area contributed by atoms with Gasteiger partial charge in [0.05, 0.1) is 18.1 Å². The molecule has 3 N–H and O–H groups in total. The number of rotatable bonds is 3. The third kappa shape index (κ3) is 2.84. The van der Waals surface area contributed by atoms with Crippen LogP contribution in [0.5, 0.6) is 5.88 Å². The number of methoxy groups -OCH3 is 1. The molecule has 0 bridgehead atoms. The zero-order valence-corrected chi connectivity index (χ0v) is 13.0. The van der Waals surface area contributed by atoms with Gasteiger partial charge >= 0.3 is 0 Å². The Kier molecular flexibility index (Phi) is 4.13. The van der Waals surface area contributed by atoms with Crippen LogP contribution in [-0.2, 0) is 0 Å². The minimum absolute atomic E-state index is 0.102. The number of fused-ring (bicyclic) bond motifs is 1. The summed E-state index contributed by atoms with van der Waals surface area (Å²) < 4.78 is 5.21. The van der Waals surface area contributed by atoms with Crippen molar-refractivity contribution in [2.45, 2.75) is 31.8 Å². The summed E-state index contributed by atoms with van der Waals surface area (Å²) in [6.07, 6.45) is 1.98. The van der Waals surface area contributed by atoms with Gasteiger partial charge in [-0.25, -0.2) is 4.98 Å². The van der Waals surface area contributed by atoms with Crippen molar-refractivity contribution in [3.63, 3.8) is 0 Å². The molecule has 0 saturated carbocycles. The number of piperidine rings is 1. The average Bonchev–Trinajstić information content (AvgIpc) is 2.53. The highest BCUT2D eigenvalue weighted by Gasteiger charge is 2.23. The largest absolute Gasteiger partial charge is 0.481 e. The second kappa shape index (κ2) is 6.06. The van der Waals surface area contributed by atoms with Crippen LogP contribution in [0.25, 0.3) is 11.0 Å². The van der Waals surface area contributed by atoms with Gasteiger partial charge < -0.3 is 15.5 Å². The Labute approximate surface area is 129 Å². The van der Waals surface area contributed by atoms with E-state index in [1.165, 1.54) is 0 Å². The first-order valence-corrected chi connectivity index (χ1v) is 7.66. The summed E-state index contributed by atoms with van der Waals surface area (Å²) in [4.78, 5) is 21.7. The van der Waals surface area contributed by atoms with Crippen molar-refractivity contribution in [1.82, 2.24) is 14.9 Å². The number of H-pyrrole nitrogens is 1. The minimum atomic E-state index is -0.102. The Hall–Kier alpha value is -1.92. The molecule has 1 aliphatic rings. The number of ether oxygens (including phenoxy) is 1. The number of aromatic nitrogens is 2. The van der Waals surface area contributed by atoms with Gasteiger partial charge in [0.25, 0.3) is 0 Å². The van der Waals surface area contributed by atoms with Crippen LogP contribution in [0.15, 0.2) is 23.0 Å². The lowest BCUT2D eigenvalue weighted by Gasteiger charge is -2.35. The Bertz CT molecular complexity index is 720. The Morgan fingerprint density at radius 3 is 2.82 bits per heavy atom. The highest BCUT2D eigenvalue weighted by atomic mass is 16.5. The zero-order valence-electron chi connectivity index (χ0n) is 13.0. The number of nitrogens with one attached hydrogen (secondary N) is 1. The lowest BCUT2D eigenvalue weighted by molar-refractivity contribution is 0.164. The molecule has 3 rings (SSSR count). The topological polar surface area (TPSA) is 84.2 Å². The highest BCUT2D eigenvalue weighted by Crippen LogP contribution is 2.28. The van der Waals surface area contributed by atoms with Gasteiger partial charge in [0.15, 0.2) is 0 Å². The summed E-state index contributed by atoms with van der Waals surface area (Å²) in [6, 6.07) is 5.65. The molecule has 0 radical (unpaired) electrons. The Morgan fingerprint density at radius 2 is 2.14 bits per heavy atom. The van der Waals surface area contributed by atoms with Crippen molar-refractivity contribution in [2.24, 2.45) is 5.73 Å². The van der Waals surface area contributed by atoms with E-state index in [2.05, 4.69) is 21.8 Å². The van der Waals surface area contributed by atoms with Gasteiger partial charge in [0.1, 0.15) is 0 Å². The molecule has 0 amide bonds. The van der Waals surface area contributed by atoms with Crippen LogP contribution >= 0.6 is 0 Å². The molecule has 1 aliphatic heterocycles. The first-order chi connectivity index (χ1) is 10.6. The molecule has 22 heavy (non-hydrogen) atoms. The number of likely N-dealkylation sites (tertiary alicyclic amines) is 1. The quantitative estimate of drug-likeness (QED) is 0.895. The van der Waals surface area contributed by atoms with Gasteiger partial charge in [-0.15, -0.1) is 0 Å². The van der Waals surface area contributed by atoms with Gasteiger partial charge in [0.2, 0.25) is 11.4 Å². The smallest absolute Gasteiger partial charge is 0.248 e. The van der Waals surface area contributed by atoms with Crippen LogP contribution in [0.2, 0.25) is 0 Å². The minimum Gasteiger partial charge on any atom is -0.481 e. The van der Waals surface area contributed by atoms with Crippen LogP contribution < -0.4 is 16.0 Å². The second-order valence-electron chi connectivity index (χ2n) is 5.89. The standard InChI is InChI=1S/C16H22N4O2/c1-10(20-7-5-11(17)6-8-20)12-9-14(21)18-13-3-4-15(22-2)19-16(12)13/h3-4,9-11H,5-8,17H2,1-2H3,(H,18,21)/t10-/m1/s1. The molecule has 0 aromatic carbocycles. The summed E-state index contributed by atoms with van der Waals surface area (Å²) in [6.45, 7) is 4.01. The van der Waals surface area contributed by atoms with E-state index in [0.29, 0.717) is 5.88 Å². The Balaban J connectivity index is 2.02. The van der Waals surface area contributed by atoms with E-state index in [9.17, 15) is 4.79 Å². The van der Waals surface area contributed by atoms with Crippen molar-refractivity contribution in [1.29, 1.82) is 0 Å². The molecule has 2 aromatic rings. The molecule has 3 heterocycles. The van der Waals surface area contributed by atoms with Crippen LogP contribution in [0, 0.1) is 0 Å².